The number of benzene rings is 2. The number of hydrogen-bond donors (Lipinski definition) is 2. The second kappa shape index (κ2) is 11.0. The predicted octanol–water partition coefficient (Wildman–Crippen LogP) is 4.45. The number of alkyl halides is 3. The van der Waals surface area contributed by atoms with E-state index in [0.717, 1.165) is 18.7 Å². The monoisotopic (exact) mass is 521 g/mol. The van der Waals surface area contributed by atoms with Crippen molar-refractivity contribution in [2.45, 2.75) is 19.8 Å². The Morgan fingerprint density at radius 1 is 1.08 bits per heavy atom. The zero-order chi connectivity index (χ0) is 25.7. The van der Waals surface area contributed by atoms with Crippen molar-refractivity contribution in [3.05, 3.63) is 59.4 Å². The molecule has 2 N–H and O–H groups in total. The van der Waals surface area contributed by atoms with Crippen molar-refractivity contribution in [1.29, 1.82) is 0 Å². The third kappa shape index (κ3) is 7.18. The number of ether oxygens (including phenoxy) is 1. The van der Waals surface area contributed by atoms with E-state index >= 15 is 0 Å². The van der Waals surface area contributed by atoms with E-state index in [0.29, 0.717) is 47.9 Å². The van der Waals surface area contributed by atoms with Crippen LogP contribution in [-0.2, 0) is 11.3 Å². The molecule has 1 amide bonds. The van der Waals surface area contributed by atoms with Gasteiger partial charge in [0.25, 0.3) is 0 Å². The summed E-state index contributed by atoms with van der Waals surface area (Å²) in [4.78, 5) is 28.6. The van der Waals surface area contributed by atoms with E-state index in [2.05, 4.69) is 35.2 Å². The van der Waals surface area contributed by atoms with Gasteiger partial charge in [-0.25, -0.2) is 9.97 Å². The van der Waals surface area contributed by atoms with Gasteiger partial charge in [-0.05, 0) is 35.9 Å². The Kier molecular flexibility index (Phi) is 7.75. The van der Waals surface area contributed by atoms with Crippen molar-refractivity contribution in [2.75, 3.05) is 41.7 Å². The second-order valence-electron chi connectivity index (χ2n) is 8.06. The van der Waals surface area contributed by atoms with Crippen molar-refractivity contribution in [3.8, 4) is 5.75 Å². The summed E-state index contributed by atoms with van der Waals surface area (Å²) in [6.07, 6.45) is -3.28. The standard InChI is InChI=1S/C23H23ClF3N7O2/c1-15(35)30-20-12-17(4-7-19(20)24)31-21-28-14-29-22(32-21)34-10-8-33(9-11-34)13-16-2-5-18(6-3-16)36-23(25,26)27/h2-7,12,14H,8-11,13H2,1H3,(H,30,35)(H,28,29,31,32). The molecule has 1 aliphatic heterocycles. The average Bonchev–Trinajstić information content (AvgIpc) is 2.82. The lowest BCUT2D eigenvalue weighted by atomic mass is 10.2. The Hall–Kier alpha value is -3.64. The Morgan fingerprint density at radius 2 is 1.81 bits per heavy atom. The minimum atomic E-state index is -4.70. The number of rotatable bonds is 7. The number of halogens is 4. The summed E-state index contributed by atoms with van der Waals surface area (Å²) in [5, 5.41) is 6.17. The quantitative estimate of drug-likeness (QED) is 0.471. The van der Waals surface area contributed by atoms with Gasteiger partial charge in [0.15, 0.2) is 0 Å². The minimum absolute atomic E-state index is 0.233. The van der Waals surface area contributed by atoms with E-state index in [1.54, 1.807) is 30.3 Å². The van der Waals surface area contributed by atoms with Crippen LogP contribution in [0.4, 0.5) is 36.4 Å². The van der Waals surface area contributed by atoms with E-state index in [1.165, 1.54) is 25.4 Å². The Morgan fingerprint density at radius 3 is 2.47 bits per heavy atom. The van der Waals surface area contributed by atoms with Crippen molar-refractivity contribution in [2.24, 2.45) is 0 Å². The van der Waals surface area contributed by atoms with Gasteiger partial charge in [-0.2, -0.15) is 4.98 Å². The number of carbonyl (C=O) groups excluding carboxylic acids is 1. The fourth-order valence-electron chi connectivity index (χ4n) is 3.68. The molecule has 2 aromatic carbocycles. The van der Waals surface area contributed by atoms with Gasteiger partial charge in [0.05, 0.1) is 10.7 Å². The molecule has 0 unspecified atom stereocenters. The van der Waals surface area contributed by atoms with Crippen LogP contribution in [0.25, 0.3) is 0 Å². The normalized spacial score (nSPS) is 14.4. The largest absolute Gasteiger partial charge is 0.573 e. The molecule has 0 saturated carbocycles. The molecule has 13 heteroatoms. The van der Waals surface area contributed by atoms with Crippen molar-refractivity contribution in [1.82, 2.24) is 19.9 Å². The molecule has 1 saturated heterocycles. The van der Waals surface area contributed by atoms with Crippen LogP contribution in [0, 0.1) is 0 Å². The van der Waals surface area contributed by atoms with Crippen LogP contribution in [0.2, 0.25) is 5.02 Å². The highest BCUT2D eigenvalue weighted by molar-refractivity contribution is 6.33. The van der Waals surface area contributed by atoms with Crippen molar-refractivity contribution in [3.63, 3.8) is 0 Å². The topological polar surface area (TPSA) is 95.5 Å². The van der Waals surface area contributed by atoms with Crippen molar-refractivity contribution < 1.29 is 22.7 Å². The summed E-state index contributed by atoms with van der Waals surface area (Å²) in [7, 11) is 0. The Labute approximate surface area is 210 Å². The second-order valence-corrected chi connectivity index (χ2v) is 8.47. The molecule has 1 fully saturated rings. The molecule has 1 aliphatic rings. The number of carbonyl (C=O) groups is 1. The first-order valence-electron chi connectivity index (χ1n) is 11.0. The SMILES string of the molecule is CC(=O)Nc1cc(Nc2ncnc(N3CCN(Cc4ccc(OC(F)(F)F)cc4)CC3)n2)ccc1Cl. The Balaban J connectivity index is 1.33. The molecular weight excluding hydrogens is 499 g/mol. The third-order valence-corrected chi connectivity index (χ3v) is 5.64. The summed E-state index contributed by atoms with van der Waals surface area (Å²) < 4.78 is 40.9. The van der Waals surface area contributed by atoms with E-state index in [9.17, 15) is 18.0 Å². The molecule has 2 heterocycles. The fourth-order valence-corrected chi connectivity index (χ4v) is 3.84. The van der Waals surface area contributed by atoms with Crippen molar-refractivity contribution >= 4 is 40.8 Å². The van der Waals surface area contributed by atoms with E-state index in [1.807, 2.05) is 4.90 Å². The maximum Gasteiger partial charge on any atom is 0.573 e. The lowest BCUT2D eigenvalue weighted by Gasteiger charge is -2.34. The van der Waals surface area contributed by atoms with Crippen LogP contribution in [0.15, 0.2) is 48.8 Å². The molecule has 4 rings (SSSR count). The summed E-state index contributed by atoms with van der Waals surface area (Å²) >= 11 is 6.12. The maximum atomic E-state index is 12.3. The summed E-state index contributed by atoms with van der Waals surface area (Å²) in [6.45, 7) is 4.81. The number of nitrogens with one attached hydrogen (secondary N) is 2. The maximum absolute atomic E-state index is 12.3. The molecular formula is C23H23ClF3N7O2. The minimum Gasteiger partial charge on any atom is -0.406 e. The number of anilines is 4. The van der Waals surface area contributed by atoms with Gasteiger partial charge in [-0.3, -0.25) is 9.69 Å². The highest BCUT2D eigenvalue weighted by Crippen LogP contribution is 2.27. The molecule has 1 aromatic heterocycles. The van der Waals surface area contributed by atoms with Crippen LogP contribution in [0.1, 0.15) is 12.5 Å². The van der Waals surface area contributed by atoms with Crippen LogP contribution >= 0.6 is 11.6 Å². The first-order chi connectivity index (χ1) is 17.1. The van der Waals surface area contributed by atoms with Gasteiger partial charge in [0.1, 0.15) is 12.1 Å². The molecule has 9 nitrogen and oxygen atoms in total. The third-order valence-electron chi connectivity index (χ3n) is 5.31. The van der Waals surface area contributed by atoms with Gasteiger partial charge in [-0.15, -0.1) is 13.2 Å². The summed E-state index contributed by atoms with van der Waals surface area (Å²) in [5.74, 6) is 0.403. The molecule has 190 valence electrons. The molecule has 0 spiro atoms. The lowest BCUT2D eigenvalue weighted by molar-refractivity contribution is -0.274. The van der Waals surface area contributed by atoms with Crippen LogP contribution < -0.4 is 20.3 Å². The zero-order valence-electron chi connectivity index (χ0n) is 19.2. The number of aromatic nitrogens is 3. The molecule has 0 atom stereocenters. The molecule has 36 heavy (non-hydrogen) atoms. The van der Waals surface area contributed by atoms with Crippen LogP contribution in [0.5, 0.6) is 5.75 Å². The van der Waals surface area contributed by atoms with Gasteiger partial charge >= 0.3 is 6.36 Å². The van der Waals surface area contributed by atoms with E-state index < -0.39 is 6.36 Å². The number of piperazine rings is 1. The average molecular weight is 522 g/mol. The number of hydrogen-bond acceptors (Lipinski definition) is 8. The lowest BCUT2D eigenvalue weighted by Crippen LogP contribution is -2.46. The van der Waals surface area contributed by atoms with Gasteiger partial charge in [0.2, 0.25) is 17.8 Å². The van der Waals surface area contributed by atoms with Gasteiger partial charge < -0.3 is 20.3 Å². The molecule has 0 bridgehead atoms. The number of nitrogens with zero attached hydrogens (tertiary/aromatic N) is 5. The molecule has 0 aliphatic carbocycles. The molecule has 3 aromatic rings. The highest BCUT2D eigenvalue weighted by Gasteiger charge is 2.31. The summed E-state index contributed by atoms with van der Waals surface area (Å²) in [6, 6.07) is 11.0. The fraction of sp³-hybridized carbons (Fsp3) is 0.304. The van der Waals surface area contributed by atoms with E-state index in [-0.39, 0.29) is 11.7 Å². The smallest absolute Gasteiger partial charge is 0.406 e. The van der Waals surface area contributed by atoms with Gasteiger partial charge in [-0.1, -0.05) is 23.7 Å². The van der Waals surface area contributed by atoms with E-state index in [4.69, 9.17) is 11.6 Å². The first-order valence-corrected chi connectivity index (χ1v) is 11.4. The Bertz CT molecular complexity index is 1200. The van der Waals surface area contributed by atoms with Crippen LogP contribution in [0.3, 0.4) is 0 Å². The predicted molar refractivity (Wildman–Crippen MR) is 129 cm³/mol. The first kappa shape index (κ1) is 25.5. The summed E-state index contributed by atoms with van der Waals surface area (Å²) in [5.41, 5.74) is 2.02. The van der Waals surface area contributed by atoms with Gasteiger partial charge in [0, 0.05) is 45.3 Å². The van der Waals surface area contributed by atoms with Crippen LogP contribution in [-0.4, -0.2) is 58.3 Å². The zero-order valence-corrected chi connectivity index (χ0v) is 20.0. The number of amides is 1. The highest BCUT2D eigenvalue weighted by atomic mass is 35.5. The molecule has 0 radical (unpaired) electrons.